The minimum atomic E-state index is -4.67. The summed E-state index contributed by atoms with van der Waals surface area (Å²) in [4.78, 5) is -0.375. The summed E-state index contributed by atoms with van der Waals surface area (Å²) in [6.07, 6.45) is 0.982. The molecule has 1 N–H and O–H groups in total. The molecule has 0 unspecified atom stereocenters. The van der Waals surface area contributed by atoms with E-state index < -0.39 is 15.6 Å². The fourth-order valence-corrected chi connectivity index (χ4v) is 1.77. The summed E-state index contributed by atoms with van der Waals surface area (Å²) in [6, 6.07) is 0. The standard InChI is InChI=1S/C7H11FN2O2S/c1-7(2,3)6-5(4-9-10-6)13(8,11)12/h4H,1-3H3,(H,9,10). The Bertz CT molecular complexity index is 402. The average molecular weight is 206 g/mol. The molecule has 0 aliphatic heterocycles. The number of nitrogens with zero attached hydrogens (tertiary/aromatic N) is 1. The van der Waals surface area contributed by atoms with Gasteiger partial charge in [-0.3, -0.25) is 5.10 Å². The van der Waals surface area contributed by atoms with Gasteiger partial charge in [0, 0.05) is 5.41 Å². The van der Waals surface area contributed by atoms with Gasteiger partial charge in [0.15, 0.2) is 0 Å². The van der Waals surface area contributed by atoms with Gasteiger partial charge in [-0.05, 0) is 0 Å². The maximum absolute atomic E-state index is 12.7. The van der Waals surface area contributed by atoms with Crippen LogP contribution in [0.2, 0.25) is 0 Å². The highest BCUT2D eigenvalue weighted by Crippen LogP contribution is 2.27. The molecule has 0 fully saturated rings. The molecule has 74 valence electrons. The number of halogens is 1. The second-order valence-corrected chi connectivity index (χ2v) is 5.11. The monoisotopic (exact) mass is 206 g/mol. The highest BCUT2D eigenvalue weighted by molar-refractivity contribution is 7.86. The minimum absolute atomic E-state index is 0.287. The van der Waals surface area contributed by atoms with E-state index in [-0.39, 0.29) is 10.6 Å². The molecule has 1 aromatic rings. The van der Waals surface area contributed by atoms with Crippen LogP contribution in [-0.4, -0.2) is 18.6 Å². The first kappa shape index (κ1) is 10.2. The van der Waals surface area contributed by atoms with Crippen molar-refractivity contribution >= 4 is 10.2 Å². The van der Waals surface area contributed by atoms with E-state index in [0.717, 1.165) is 6.20 Å². The number of aromatic nitrogens is 2. The quantitative estimate of drug-likeness (QED) is 0.706. The summed E-state index contributed by atoms with van der Waals surface area (Å²) >= 11 is 0. The second kappa shape index (κ2) is 2.80. The molecular formula is C7H11FN2O2S. The molecule has 1 rings (SSSR count). The molecule has 0 saturated carbocycles. The van der Waals surface area contributed by atoms with Crippen molar-refractivity contribution in [3.8, 4) is 0 Å². The van der Waals surface area contributed by atoms with E-state index in [4.69, 9.17) is 0 Å². The van der Waals surface area contributed by atoms with Crippen LogP contribution in [0, 0.1) is 0 Å². The first-order chi connectivity index (χ1) is 5.73. The molecule has 0 amide bonds. The molecule has 13 heavy (non-hydrogen) atoms. The van der Waals surface area contributed by atoms with Crippen molar-refractivity contribution in [2.24, 2.45) is 0 Å². The van der Waals surface area contributed by atoms with E-state index in [0.29, 0.717) is 0 Å². The lowest BCUT2D eigenvalue weighted by atomic mass is 9.92. The highest BCUT2D eigenvalue weighted by Gasteiger charge is 2.27. The maximum Gasteiger partial charge on any atom is 0.335 e. The van der Waals surface area contributed by atoms with Crippen molar-refractivity contribution in [1.82, 2.24) is 10.2 Å². The van der Waals surface area contributed by atoms with Crippen LogP contribution in [0.3, 0.4) is 0 Å². The van der Waals surface area contributed by atoms with E-state index in [1.165, 1.54) is 0 Å². The van der Waals surface area contributed by atoms with Crippen LogP contribution in [0.15, 0.2) is 11.1 Å². The smallest absolute Gasteiger partial charge is 0.281 e. The Labute approximate surface area is 76.4 Å². The fraction of sp³-hybridized carbons (Fsp3) is 0.571. The second-order valence-electron chi connectivity index (χ2n) is 3.80. The third-order valence-corrected chi connectivity index (χ3v) is 2.45. The first-order valence-electron chi connectivity index (χ1n) is 3.71. The van der Waals surface area contributed by atoms with E-state index in [1.54, 1.807) is 20.8 Å². The average Bonchev–Trinajstić information content (AvgIpc) is 2.27. The number of aromatic amines is 1. The SMILES string of the molecule is CC(C)(C)c1[nH]ncc1S(=O)(=O)F. The number of H-pyrrole nitrogens is 1. The fourth-order valence-electron chi connectivity index (χ4n) is 0.997. The lowest BCUT2D eigenvalue weighted by Crippen LogP contribution is -2.15. The number of hydrogen-bond donors (Lipinski definition) is 1. The summed E-state index contributed by atoms with van der Waals surface area (Å²) in [5.41, 5.74) is -0.180. The first-order valence-corrected chi connectivity index (χ1v) is 5.10. The number of nitrogens with one attached hydrogen (secondary N) is 1. The summed E-state index contributed by atoms with van der Waals surface area (Å²) in [7, 11) is -4.67. The molecule has 0 radical (unpaired) electrons. The third kappa shape index (κ3) is 2.06. The summed E-state index contributed by atoms with van der Waals surface area (Å²) in [5.74, 6) is 0. The molecule has 0 spiro atoms. The Hall–Kier alpha value is -0.910. The summed E-state index contributed by atoms with van der Waals surface area (Å²) < 4.78 is 33.9. The van der Waals surface area contributed by atoms with Crippen LogP contribution in [0.1, 0.15) is 26.5 Å². The van der Waals surface area contributed by atoms with Crippen LogP contribution in [0.25, 0.3) is 0 Å². The lowest BCUT2D eigenvalue weighted by Gasteiger charge is -2.16. The van der Waals surface area contributed by atoms with Gasteiger partial charge in [-0.1, -0.05) is 20.8 Å². The zero-order valence-electron chi connectivity index (χ0n) is 7.63. The largest absolute Gasteiger partial charge is 0.335 e. The minimum Gasteiger partial charge on any atom is -0.281 e. The highest BCUT2D eigenvalue weighted by atomic mass is 32.3. The number of rotatable bonds is 1. The maximum atomic E-state index is 12.7. The zero-order chi connectivity index (χ0) is 10.3. The Balaban J connectivity index is 3.35. The molecule has 0 aliphatic rings. The van der Waals surface area contributed by atoms with Crippen LogP contribution < -0.4 is 0 Å². The van der Waals surface area contributed by atoms with Crippen LogP contribution in [-0.2, 0) is 15.6 Å². The van der Waals surface area contributed by atoms with E-state index in [1.807, 2.05) is 0 Å². The Kier molecular flexibility index (Phi) is 2.19. The van der Waals surface area contributed by atoms with E-state index in [9.17, 15) is 12.3 Å². The Morgan fingerprint density at radius 2 is 2.00 bits per heavy atom. The van der Waals surface area contributed by atoms with Crippen molar-refractivity contribution in [1.29, 1.82) is 0 Å². The van der Waals surface area contributed by atoms with Crippen molar-refractivity contribution in [2.75, 3.05) is 0 Å². The van der Waals surface area contributed by atoms with Crippen LogP contribution >= 0.6 is 0 Å². The van der Waals surface area contributed by atoms with Crippen molar-refractivity contribution in [3.63, 3.8) is 0 Å². The molecule has 1 heterocycles. The normalized spacial score (nSPS) is 13.2. The lowest BCUT2D eigenvalue weighted by molar-refractivity contribution is 0.528. The molecule has 1 aromatic heterocycles. The van der Waals surface area contributed by atoms with Crippen molar-refractivity contribution in [2.45, 2.75) is 31.1 Å². The van der Waals surface area contributed by atoms with Crippen LogP contribution in [0.5, 0.6) is 0 Å². The molecular weight excluding hydrogens is 195 g/mol. The molecule has 0 saturated heterocycles. The number of hydrogen-bond acceptors (Lipinski definition) is 3. The van der Waals surface area contributed by atoms with Gasteiger partial charge in [-0.15, -0.1) is 3.89 Å². The topological polar surface area (TPSA) is 62.8 Å². The molecule has 6 heteroatoms. The molecule has 0 aliphatic carbocycles. The van der Waals surface area contributed by atoms with Crippen LogP contribution in [0.4, 0.5) is 3.89 Å². The van der Waals surface area contributed by atoms with Gasteiger partial charge in [0.25, 0.3) is 0 Å². The van der Waals surface area contributed by atoms with Crippen molar-refractivity contribution < 1.29 is 12.3 Å². The zero-order valence-corrected chi connectivity index (χ0v) is 8.44. The molecule has 0 bridgehead atoms. The van der Waals surface area contributed by atoms with Gasteiger partial charge in [0.1, 0.15) is 4.90 Å². The molecule has 4 nitrogen and oxygen atoms in total. The Morgan fingerprint density at radius 1 is 1.46 bits per heavy atom. The molecule has 0 atom stereocenters. The predicted molar refractivity (Wildman–Crippen MR) is 45.6 cm³/mol. The Morgan fingerprint density at radius 3 is 2.31 bits per heavy atom. The summed E-state index contributed by atoms with van der Waals surface area (Å²) in [5, 5.41) is 5.99. The third-order valence-electron chi connectivity index (χ3n) is 1.62. The van der Waals surface area contributed by atoms with Gasteiger partial charge in [-0.25, -0.2) is 0 Å². The van der Waals surface area contributed by atoms with E-state index >= 15 is 0 Å². The van der Waals surface area contributed by atoms with Gasteiger partial charge < -0.3 is 0 Å². The van der Waals surface area contributed by atoms with Crippen molar-refractivity contribution in [3.05, 3.63) is 11.9 Å². The molecule has 0 aromatic carbocycles. The summed E-state index contributed by atoms with van der Waals surface area (Å²) in [6.45, 7) is 5.32. The van der Waals surface area contributed by atoms with Gasteiger partial charge in [-0.2, -0.15) is 13.5 Å². The van der Waals surface area contributed by atoms with Gasteiger partial charge >= 0.3 is 10.2 Å². The predicted octanol–water partition coefficient (Wildman–Crippen LogP) is 1.37. The van der Waals surface area contributed by atoms with E-state index in [2.05, 4.69) is 10.2 Å². The van der Waals surface area contributed by atoms with Gasteiger partial charge in [0.2, 0.25) is 0 Å². The van der Waals surface area contributed by atoms with Gasteiger partial charge in [0.05, 0.1) is 11.9 Å².